The number of furan rings is 1. The van der Waals surface area contributed by atoms with Gasteiger partial charge in [0.1, 0.15) is 11.8 Å². The molecule has 2 aromatic rings. The topological polar surface area (TPSA) is 51.2 Å². The van der Waals surface area contributed by atoms with Gasteiger partial charge in [-0.3, -0.25) is 5.84 Å². The molecule has 1 aromatic carbocycles. The van der Waals surface area contributed by atoms with Crippen LogP contribution in [-0.4, -0.2) is 0 Å². The Morgan fingerprint density at radius 3 is 2.35 bits per heavy atom. The third-order valence-electron chi connectivity index (χ3n) is 2.90. The van der Waals surface area contributed by atoms with Gasteiger partial charge in [-0.25, -0.2) is 5.43 Å². The van der Waals surface area contributed by atoms with Crippen molar-refractivity contribution < 1.29 is 4.42 Å². The zero-order valence-corrected chi connectivity index (χ0v) is 11.4. The van der Waals surface area contributed by atoms with Crippen molar-refractivity contribution >= 4 is 15.9 Å². The van der Waals surface area contributed by atoms with Crippen LogP contribution in [-0.2, 0) is 0 Å². The Kier molecular flexibility index (Phi) is 3.66. The van der Waals surface area contributed by atoms with Gasteiger partial charge in [0.15, 0.2) is 0 Å². The average Bonchev–Trinajstić information content (AvgIpc) is 2.70. The number of hydrogen-bond acceptors (Lipinski definition) is 3. The molecule has 0 saturated heterocycles. The van der Waals surface area contributed by atoms with Gasteiger partial charge in [0.2, 0.25) is 0 Å². The molecule has 2 rings (SSSR count). The highest BCUT2D eigenvalue weighted by molar-refractivity contribution is 9.10. The van der Waals surface area contributed by atoms with Crippen LogP contribution in [0.3, 0.4) is 0 Å². The minimum atomic E-state index is -0.138. The second-order valence-corrected chi connectivity index (χ2v) is 4.89. The van der Waals surface area contributed by atoms with Crippen LogP contribution in [0.1, 0.15) is 28.5 Å². The fourth-order valence-corrected chi connectivity index (χ4v) is 2.51. The Labute approximate surface area is 109 Å². The molecule has 1 heterocycles. The lowest BCUT2D eigenvalue weighted by atomic mass is 9.95. The Balaban J connectivity index is 2.53. The second-order valence-electron chi connectivity index (χ2n) is 4.04. The van der Waals surface area contributed by atoms with E-state index in [9.17, 15) is 0 Å². The fourth-order valence-electron chi connectivity index (χ4n) is 2.08. The number of nitrogens with two attached hydrogens (primary N) is 1. The number of aryl methyl sites for hydroxylation is 2. The first-order valence-electron chi connectivity index (χ1n) is 5.40. The predicted molar refractivity (Wildman–Crippen MR) is 71.5 cm³/mol. The van der Waals surface area contributed by atoms with E-state index in [2.05, 4.69) is 47.3 Å². The molecule has 0 spiro atoms. The first kappa shape index (κ1) is 12.4. The maximum absolute atomic E-state index is 5.67. The number of benzene rings is 1. The van der Waals surface area contributed by atoms with Crippen molar-refractivity contribution in [1.29, 1.82) is 0 Å². The van der Waals surface area contributed by atoms with E-state index in [1.165, 1.54) is 11.1 Å². The lowest BCUT2D eigenvalue weighted by molar-refractivity contribution is 0.448. The molecule has 3 N–H and O–H groups in total. The Bertz CT molecular complexity index is 502. The van der Waals surface area contributed by atoms with Gasteiger partial charge < -0.3 is 4.42 Å². The zero-order chi connectivity index (χ0) is 12.4. The van der Waals surface area contributed by atoms with E-state index in [1.807, 2.05) is 12.1 Å². The van der Waals surface area contributed by atoms with E-state index >= 15 is 0 Å². The van der Waals surface area contributed by atoms with Crippen molar-refractivity contribution in [1.82, 2.24) is 5.43 Å². The summed E-state index contributed by atoms with van der Waals surface area (Å²) in [5, 5.41) is 0. The quantitative estimate of drug-likeness (QED) is 0.675. The first-order chi connectivity index (χ1) is 8.15. The van der Waals surface area contributed by atoms with Crippen molar-refractivity contribution in [3.63, 3.8) is 0 Å². The summed E-state index contributed by atoms with van der Waals surface area (Å²) in [6.45, 7) is 4.15. The lowest BCUT2D eigenvalue weighted by Gasteiger charge is -2.19. The van der Waals surface area contributed by atoms with Gasteiger partial charge >= 0.3 is 0 Å². The number of hydrazine groups is 1. The standard InChI is InChI=1S/C13H15BrN2O/c1-8-4-3-5-9(2)11(8)12(16-15)13-10(14)6-7-17-13/h3-7,12,16H,15H2,1-2H3. The molecule has 90 valence electrons. The molecule has 1 aromatic heterocycles. The van der Waals surface area contributed by atoms with Gasteiger partial charge in [-0.05, 0) is 52.5 Å². The molecule has 0 fully saturated rings. The molecule has 3 nitrogen and oxygen atoms in total. The zero-order valence-electron chi connectivity index (χ0n) is 9.83. The van der Waals surface area contributed by atoms with Gasteiger partial charge in [0.25, 0.3) is 0 Å². The molecule has 1 atom stereocenters. The molecular formula is C13H15BrN2O. The number of rotatable bonds is 3. The van der Waals surface area contributed by atoms with Crippen molar-refractivity contribution in [3.8, 4) is 0 Å². The molecular weight excluding hydrogens is 280 g/mol. The number of halogens is 1. The third kappa shape index (κ3) is 2.29. The van der Waals surface area contributed by atoms with Gasteiger partial charge in [-0.2, -0.15) is 0 Å². The summed E-state index contributed by atoms with van der Waals surface area (Å²) in [7, 11) is 0. The molecule has 4 heteroatoms. The van der Waals surface area contributed by atoms with Crippen LogP contribution < -0.4 is 11.3 Å². The Morgan fingerprint density at radius 1 is 1.24 bits per heavy atom. The molecule has 17 heavy (non-hydrogen) atoms. The summed E-state index contributed by atoms with van der Waals surface area (Å²) >= 11 is 3.46. The maximum atomic E-state index is 5.67. The molecule has 0 bridgehead atoms. The summed E-state index contributed by atoms with van der Waals surface area (Å²) in [5.41, 5.74) is 6.36. The molecule has 0 aliphatic heterocycles. The minimum Gasteiger partial charge on any atom is -0.466 e. The Hall–Kier alpha value is -1.10. The third-order valence-corrected chi connectivity index (χ3v) is 3.56. The second kappa shape index (κ2) is 5.04. The summed E-state index contributed by atoms with van der Waals surface area (Å²) < 4.78 is 6.41. The first-order valence-corrected chi connectivity index (χ1v) is 6.19. The maximum Gasteiger partial charge on any atom is 0.140 e. The highest BCUT2D eigenvalue weighted by Crippen LogP contribution is 2.32. The fraction of sp³-hybridized carbons (Fsp3) is 0.231. The van der Waals surface area contributed by atoms with Gasteiger partial charge in [-0.15, -0.1) is 0 Å². The van der Waals surface area contributed by atoms with E-state index in [-0.39, 0.29) is 6.04 Å². The number of nitrogens with one attached hydrogen (secondary N) is 1. The van der Waals surface area contributed by atoms with Crippen LogP contribution >= 0.6 is 15.9 Å². The largest absolute Gasteiger partial charge is 0.466 e. The van der Waals surface area contributed by atoms with Gasteiger partial charge in [0.05, 0.1) is 10.7 Å². The molecule has 0 amide bonds. The normalized spacial score (nSPS) is 12.7. The molecule has 0 radical (unpaired) electrons. The summed E-state index contributed by atoms with van der Waals surface area (Å²) in [6.07, 6.45) is 1.65. The predicted octanol–water partition coefficient (Wildman–Crippen LogP) is 3.21. The van der Waals surface area contributed by atoms with E-state index < -0.39 is 0 Å². The Morgan fingerprint density at radius 2 is 1.88 bits per heavy atom. The van der Waals surface area contributed by atoms with Crippen molar-refractivity contribution in [2.45, 2.75) is 19.9 Å². The van der Waals surface area contributed by atoms with E-state index in [1.54, 1.807) is 6.26 Å². The van der Waals surface area contributed by atoms with Crippen LogP contribution in [0.2, 0.25) is 0 Å². The van der Waals surface area contributed by atoms with Gasteiger partial charge in [0, 0.05) is 0 Å². The van der Waals surface area contributed by atoms with Crippen molar-refractivity contribution in [2.75, 3.05) is 0 Å². The number of hydrogen-bond donors (Lipinski definition) is 2. The van der Waals surface area contributed by atoms with E-state index in [0.29, 0.717) is 0 Å². The SMILES string of the molecule is Cc1cccc(C)c1C(NN)c1occc1Br. The monoisotopic (exact) mass is 294 g/mol. The highest BCUT2D eigenvalue weighted by atomic mass is 79.9. The molecule has 0 saturated carbocycles. The average molecular weight is 295 g/mol. The van der Waals surface area contributed by atoms with Crippen LogP contribution in [0, 0.1) is 13.8 Å². The van der Waals surface area contributed by atoms with Crippen LogP contribution in [0.25, 0.3) is 0 Å². The smallest absolute Gasteiger partial charge is 0.140 e. The minimum absolute atomic E-state index is 0.138. The molecule has 0 aliphatic carbocycles. The summed E-state index contributed by atoms with van der Waals surface area (Å²) in [5.74, 6) is 6.47. The molecule has 1 unspecified atom stereocenters. The van der Waals surface area contributed by atoms with Crippen LogP contribution in [0.5, 0.6) is 0 Å². The lowest BCUT2D eigenvalue weighted by Crippen LogP contribution is -2.29. The molecule has 0 aliphatic rings. The summed E-state index contributed by atoms with van der Waals surface area (Å²) in [6, 6.07) is 7.92. The van der Waals surface area contributed by atoms with E-state index in [0.717, 1.165) is 15.8 Å². The van der Waals surface area contributed by atoms with Crippen molar-refractivity contribution in [3.05, 3.63) is 57.5 Å². The van der Waals surface area contributed by atoms with Crippen LogP contribution in [0.15, 0.2) is 39.4 Å². The summed E-state index contributed by atoms with van der Waals surface area (Å²) in [4.78, 5) is 0. The van der Waals surface area contributed by atoms with Crippen LogP contribution in [0.4, 0.5) is 0 Å². The van der Waals surface area contributed by atoms with E-state index in [4.69, 9.17) is 10.3 Å². The van der Waals surface area contributed by atoms with Crippen molar-refractivity contribution in [2.24, 2.45) is 5.84 Å². The highest BCUT2D eigenvalue weighted by Gasteiger charge is 2.21. The van der Waals surface area contributed by atoms with Gasteiger partial charge in [-0.1, -0.05) is 18.2 Å².